The molecule has 0 bridgehead atoms. The molecule has 26 heavy (non-hydrogen) atoms. The number of Topliss-reactive ketones (excluding diaryl/α,β-unsaturated/α-hetero) is 1. The molecular weight excluding hydrogens is 373 g/mol. The molecule has 3 rings (SSSR count). The zero-order chi connectivity index (χ0) is 18.7. The summed E-state index contributed by atoms with van der Waals surface area (Å²) in [5.74, 6) is 0.0477. The molecule has 0 atom stereocenters. The fourth-order valence-corrected chi connectivity index (χ4v) is 3.16. The maximum Gasteiger partial charge on any atom is 0.321 e. The number of nitrogens with one attached hydrogen (secondary N) is 1. The molecule has 0 aliphatic carbocycles. The van der Waals surface area contributed by atoms with Gasteiger partial charge in [0.05, 0.1) is 10.0 Å². The number of anilines is 2. The molecule has 0 aromatic heterocycles. The number of hydrogen-bond donors (Lipinski definition) is 1. The van der Waals surface area contributed by atoms with Gasteiger partial charge in [0.1, 0.15) is 0 Å². The minimum Gasteiger partial charge on any atom is -0.368 e. The zero-order valence-electron chi connectivity index (χ0n) is 14.3. The predicted molar refractivity (Wildman–Crippen MR) is 106 cm³/mol. The third-order valence-corrected chi connectivity index (χ3v) is 5.09. The maximum atomic E-state index is 12.4. The number of hydrogen-bond acceptors (Lipinski definition) is 3. The van der Waals surface area contributed by atoms with E-state index in [0.29, 0.717) is 47.5 Å². The first-order valence-electron chi connectivity index (χ1n) is 8.31. The lowest BCUT2D eigenvalue weighted by Crippen LogP contribution is -2.50. The summed E-state index contributed by atoms with van der Waals surface area (Å²) in [4.78, 5) is 27.9. The van der Waals surface area contributed by atoms with Crippen molar-refractivity contribution in [1.29, 1.82) is 0 Å². The van der Waals surface area contributed by atoms with E-state index in [-0.39, 0.29) is 11.8 Å². The smallest absolute Gasteiger partial charge is 0.321 e. The van der Waals surface area contributed by atoms with Crippen LogP contribution in [0.2, 0.25) is 10.0 Å². The largest absolute Gasteiger partial charge is 0.368 e. The van der Waals surface area contributed by atoms with Crippen LogP contribution in [0.1, 0.15) is 17.3 Å². The molecule has 136 valence electrons. The Balaban J connectivity index is 1.59. The van der Waals surface area contributed by atoms with Gasteiger partial charge in [-0.2, -0.15) is 0 Å². The molecule has 2 aromatic rings. The SMILES string of the molecule is CC(=O)c1cccc(N2CCN(C(=O)Nc3ccc(Cl)c(Cl)c3)CC2)c1. The van der Waals surface area contributed by atoms with E-state index < -0.39 is 0 Å². The van der Waals surface area contributed by atoms with Crippen LogP contribution < -0.4 is 10.2 Å². The van der Waals surface area contributed by atoms with Crippen molar-refractivity contribution in [2.75, 3.05) is 36.4 Å². The van der Waals surface area contributed by atoms with Gasteiger partial charge in [0, 0.05) is 43.1 Å². The van der Waals surface area contributed by atoms with Crippen molar-refractivity contribution in [1.82, 2.24) is 4.90 Å². The molecule has 1 fully saturated rings. The molecule has 0 unspecified atom stereocenters. The van der Waals surface area contributed by atoms with Gasteiger partial charge in [-0.3, -0.25) is 4.79 Å². The second kappa shape index (κ2) is 7.98. The molecule has 1 N–H and O–H groups in total. The van der Waals surface area contributed by atoms with Gasteiger partial charge < -0.3 is 15.1 Å². The number of carbonyl (C=O) groups is 2. The molecule has 7 heteroatoms. The minimum absolute atomic E-state index is 0.0477. The average Bonchev–Trinajstić information content (AvgIpc) is 2.65. The van der Waals surface area contributed by atoms with Gasteiger partial charge >= 0.3 is 6.03 Å². The molecule has 2 amide bonds. The van der Waals surface area contributed by atoms with Crippen molar-refractivity contribution < 1.29 is 9.59 Å². The van der Waals surface area contributed by atoms with Gasteiger partial charge in [0.2, 0.25) is 0 Å². The second-order valence-electron chi connectivity index (χ2n) is 6.14. The van der Waals surface area contributed by atoms with Crippen molar-refractivity contribution in [2.24, 2.45) is 0 Å². The molecule has 1 aliphatic heterocycles. The Labute approximate surface area is 162 Å². The van der Waals surface area contributed by atoms with E-state index in [1.165, 1.54) is 0 Å². The molecular formula is C19H19Cl2N3O2. The normalized spacial score (nSPS) is 14.3. The molecule has 1 saturated heterocycles. The lowest BCUT2D eigenvalue weighted by molar-refractivity contribution is 0.101. The Morgan fingerprint density at radius 3 is 2.35 bits per heavy atom. The number of piperazine rings is 1. The first kappa shape index (κ1) is 18.5. The summed E-state index contributed by atoms with van der Waals surface area (Å²) in [6.07, 6.45) is 0. The summed E-state index contributed by atoms with van der Waals surface area (Å²) >= 11 is 11.9. The third-order valence-electron chi connectivity index (χ3n) is 4.36. The van der Waals surface area contributed by atoms with Gasteiger partial charge in [-0.25, -0.2) is 4.79 Å². The summed E-state index contributed by atoms with van der Waals surface area (Å²) in [6.45, 7) is 4.16. The van der Waals surface area contributed by atoms with Crippen LogP contribution in [0.4, 0.5) is 16.2 Å². The number of nitrogens with zero attached hydrogens (tertiary/aromatic N) is 2. The highest BCUT2D eigenvalue weighted by Crippen LogP contribution is 2.25. The van der Waals surface area contributed by atoms with E-state index in [1.54, 1.807) is 30.0 Å². The quantitative estimate of drug-likeness (QED) is 0.780. The van der Waals surface area contributed by atoms with Crippen LogP contribution in [0.3, 0.4) is 0 Å². The fourth-order valence-electron chi connectivity index (χ4n) is 2.87. The Bertz CT molecular complexity index is 833. The van der Waals surface area contributed by atoms with Gasteiger partial charge in [-0.05, 0) is 37.3 Å². The van der Waals surface area contributed by atoms with E-state index in [1.807, 2.05) is 24.3 Å². The molecule has 0 spiro atoms. The van der Waals surface area contributed by atoms with Crippen molar-refractivity contribution >= 4 is 46.4 Å². The lowest BCUT2D eigenvalue weighted by atomic mass is 10.1. The molecule has 2 aromatic carbocycles. The molecule has 5 nitrogen and oxygen atoms in total. The van der Waals surface area contributed by atoms with Crippen LogP contribution in [-0.2, 0) is 0 Å². The lowest BCUT2D eigenvalue weighted by Gasteiger charge is -2.36. The van der Waals surface area contributed by atoms with Crippen molar-refractivity contribution in [3.05, 3.63) is 58.1 Å². The highest BCUT2D eigenvalue weighted by Gasteiger charge is 2.21. The Morgan fingerprint density at radius 2 is 1.69 bits per heavy atom. The van der Waals surface area contributed by atoms with Crippen molar-refractivity contribution in [2.45, 2.75) is 6.92 Å². The standard InChI is InChI=1S/C19H19Cl2N3O2/c1-13(25)14-3-2-4-16(11-14)23-7-9-24(10-8-23)19(26)22-15-5-6-17(20)18(21)12-15/h2-6,11-12H,7-10H2,1H3,(H,22,26). The Morgan fingerprint density at radius 1 is 0.962 bits per heavy atom. The van der Waals surface area contributed by atoms with Crippen LogP contribution in [0.25, 0.3) is 0 Å². The molecule has 1 aliphatic rings. The minimum atomic E-state index is -0.166. The third kappa shape index (κ3) is 4.29. The summed E-state index contributed by atoms with van der Waals surface area (Å²) in [7, 11) is 0. The van der Waals surface area contributed by atoms with E-state index in [9.17, 15) is 9.59 Å². The van der Waals surface area contributed by atoms with E-state index >= 15 is 0 Å². The first-order valence-corrected chi connectivity index (χ1v) is 9.06. The number of halogens is 2. The van der Waals surface area contributed by atoms with Crippen LogP contribution in [0.5, 0.6) is 0 Å². The van der Waals surface area contributed by atoms with E-state index in [2.05, 4.69) is 10.2 Å². The van der Waals surface area contributed by atoms with Crippen molar-refractivity contribution in [3.8, 4) is 0 Å². The van der Waals surface area contributed by atoms with Gasteiger partial charge in [0.25, 0.3) is 0 Å². The molecule has 1 heterocycles. The van der Waals surface area contributed by atoms with Crippen molar-refractivity contribution in [3.63, 3.8) is 0 Å². The molecule has 0 radical (unpaired) electrons. The monoisotopic (exact) mass is 391 g/mol. The Hall–Kier alpha value is -2.24. The number of carbonyl (C=O) groups excluding carboxylic acids is 2. The van der Waals surface area contributed by atoms with E-state index in [0.717, 1.165) is 5.69 Å². The van der Waals surface area contributed by atoms with Crippen LogP contribution >= 0.6 is 23.2 Å². The average molecular weight is 392 g/mol. The second-order valence-corrected chi connectivity index (χ2v) is 6.95. The zero-order valence-corrected chi connectivity index (χ0v) is 15.8. The van der Waals surface area contributed by atoms with Gasteiger partial charge in [0.15, 0.2) is 5.78 Å². The van der Waals surface area contributed by atoms with Crippen LogP contribution in [-0.4, -0.2) is 42.9 Å². The summed E-state index contributed by atoms with van der Waals surface area (Å²) < 4.78 is 0. The fraction of sp³-hybridized carbons (Fsp3) is 0.263. The number of ketones is 1. The highest BCUT2D eigenvalue weighted by atomic mass is 35.5. The summed E-state index contributed by atoms with van der Waals surface area (Å²) in [5, 5.41) is 3.69. The highest BCUT2D eigenvalue weighted by molar-refractivity contribution is 6.42. The molecule has 0 saturated carbocycles. The summed E-state index contributed by atoms with van der Waals surface area (Å²) in [5.41, 5.74) is 2.31. The number of benzene rings is 2. The predicted octanol–water partition coefficient (Wildman–Crippen LogP) is 4.55. The number of amides is 2. The van der Waals surface area contributed by atoms with E-state index in [4.69, 9.17) is 23.2 Å². The van der Waals surface area contributed by atoms with Gasteiger partial charge in [-0.1, -0.05) is 35.3 Å². The summed E-state index contributed by atoms with van der Waals surface area (Å²) in [6, 6.07) is 12.4. The number of rotatable bonds is 3. The topological polar surface area (TPSA) is 52.7 Å². The maximum absolute atomic E-state index is 12.4. The number of urea groups is 1. The van der Waals surface area contributed by atoms with Gasteiger partial charge in [-0.15, -0.1) is 0 Å². The first-order chi connectivity index (χ1) is 12.4. The van der Waals surface area contributed by atoms with Crippen LogP contribution in [0.15, 0.2) is 42.5 Å². The van der Waals surface area contributed by atoms with Crippen LogP contribution in [0, 0.1) is 0 Å². The Kier molecular flexibility index (Phi) is 5.69.